The van der Waals surface area contributed by atoms with Gasteiger partial charge < -0.3 is 9.73 Å². The molecule has 112 valence electrons. The summed E-state index contributed by atoms with van der Waals surface area (Å²) in [5.41, 5.74) is 0. The average Bonchev–Trinajstić information content (AvgIpc) is 3.00. The quantitative estimate of drug-likeness (QED) is 0.803. The Morgan fingerprint density at radius 3 is 2.95 bits per heavy atom. The van der Waals surface area contributed by atoms with Gasteiger partial charge in [-0.1, -0.05) is 18.9 Å². The van der Waals surface area contributed by atoms with E-state index in [0.29, 0.717) is 18.5 Å². The standard InChI is InChI=1S/C13H23N5O2/c1-9(2)12-16-17-13(20-12)15-11(19)8-18-6-4-5-10(18)7-14-3/h9-10,14H,4-8H2,1-3H3,(H,15,17,19). The third kappa shape index (κ3) is 3.77. The third-order valence-corrected chi connectivity index (χ3v) is 3.47. The largest absolute Gasteiger partial charge is 0.408 e. The smallest absolute Gasteiger partial charge is 0.322 e. The van der Waals surface area contributed by atoms with Gasteiger partial charge in [-0.3, -0.25) is 15.0 Å². The highest BCUT2D eigenvalue weighted by Gasteiger charge is 2.26. The Labute approximate surface area is 119 Å². The molecule has 0 saturated carbocycles. The lowest BCUT2D eigenvalue weighted by molar-refractivity contribution is -0.117. The zero-order valence-corrected chi connectivity index (χ0v) is 12.3. The van der Waals surface area contributed by atoms with Crippen LogP contribution < -0.4 is 10.6 Å². The molecule has 1 aliphatic heterocycles. The van der Waals surface area contributed by atoms with Crippen LogP contribution in [0.5, 0.6) is 0 Å². The summed E-state index contributed by atoms with van der Waals surface area (Å²) in [5, 5.41) is 13.5. The van der Waals surface area contributed by atoms with Gasteiger partial charge in [-0.25, -0.2) is 0 Å². The van der Waals surface area contributed by atoms with Crippen molar-refractivity contribution < 1.29 is 9.21 Å². The maximum absolute atomic E-state index is 12.0. The van der Waals surface area contributed by atoms with E-state index in [9.17, 15) is 4.79 Å². The molecule has 1 atom stereocenters. The summed E-state index contributed by atoms with van der Waals surface area (Å²) in [4.78, 5) is 14.2. The van der Waals surface area contributed by atoms with Gasteiger partial charge in [0.2, 0.25) is 11.8 Å². The predicted molar refractivity (Wildman–Crippen MR) is 75.5 cm³/mol. The van der Waals surface area contributed by atoms with Crippen LogP contribution in [0.15, 0.2) is 4.42 Å². The van der Waals surface area contributed by atoms with Gasteiger partial charge in [0.1, 0.15) is 0 Å². The summed E-state index contributed by atoms with van der Waals surface area (Å²) in [6.45, 7) is 6.16. The summed E-state index contributed by atoms with van der Waals surface area (Å²) in [6.07, 6.45) is 2.27. The van der Waals surface area contributed by atoms with Gasteiger partial charge in [0.25, 0.3) is 0 Å². The van der Waals surface area contributed by atoms with Gasteiger partial charge in [0.05, 0.1) is 6.54 Å². The molecule has 7 heteroatoms. The zero-order chi connectivity index (χ0) is 14.5. The Balaban J connectivity index is 1.85. The fourth-order valence-corrected chi connectivity index (χ4v) is 2.43. The average molecular weight is 281 g/mol. The predicted octanol–water partition coefficient (Wildman–Crippen LogP) is 0.815. The highest BCUT2D eigenvalue weighted by atomic mass is 16.4. The highest BCUT2D eigenvalue weighted by Crippen LogP contribution is 2.17. The van der Waals surface area contributed by atoms with Gasteiger partial charge in [-0.2, -0.15) is 0 Å². The van der Waals surface area contributed by atoms with Crippen molar-refractivity contribution in [2.45, 2.75) is 38.6 Å². The molecule has 1 aromatic heterocycles. The summed E-state index contributed by atoms with van der Waals surface area (Å²) < 4.78 is 5.37. The van der Waals surface area contributed by atoms with Gasteiger partial charge in [-0.05, 0) is 26.4 Å². The monoisotopic (exact) mass is 281 g/mol. The molecule has 0 radical (unpaired) electrons. The van der Waals surface area contributed by atoms with Gasteiger partial charge in [0, 0.05) is 18.5 Å². The Morgan fingerprint density at radius 1 is 1.50 bits per heavy atom. The lowest BCUT2D eigenvalue weighted by atomic mass is 10.2. The number of carbonyl (C=O) groups excluding carboxylic acids is 1. The number of carbonyl (C=O) groups is 1. The molecule has 2 heterocycles. The minimum atomic E-state index is -0.105. The number of likely N-dealkylation sites (N-methyl/N-ethyl adjacent to an activating group) is 1. The van der Waals surface area contributed by atoms with E-state index in [1.807, 2.05) is 20.9 Å². The molecule has 0 aliphatic carbocycles. The number of rotatable bonds is 6. The van der Waals surface area contributed by atoms with Crippen LogP contribution in [0, 0.1) is 0 Å². The number of nitrogens with zero attached hydrogens (tertiary/aromatic N) is 3. The zero-order valence-electron chi connectivity index (χ0n) is 12.3. The van der Waals surface area contributed by atoms with Crippen LogP contribution in [0.2, 0.25) is 0 Å². The van der Waals surface area contributed by atoms with Crippen molar-refractivity contribution >= 4 is 11.9 Å². The summed E-state index contributed by atoms with van der Waals surface area (Å²) in [7, 11) is 1.93. The fraction of sp³-hybridized carbons (Fsp3) is 0.769. The van der Waals surface area contributed by atoms with Crippen LogP contribution in [0.25, 0.3) is 0 Å². The number of aromatic nitrogens is 2. The van der Waals surface area contributed by atoms with Gasteiger partial charge in [0.15, 0.2) is 0 Å². The Morgan fingerprint density at radius 2 is 2.30 bits per heavy atom. The Kier molecular flexibility index (Phi) is 5.08. The second kappa shape index (κ2) is 6.81. The Hall–Kier alpha value is -1.47. The van der Waals surface area contributed by atoms with Crippen LogP contribution in [-0.2, 0) is 4.79 Å². The van der Waals surface area contributed by atoms with Gasteiger partial charge >= 0.3 is 6.01 Å². The maximum Gasteiger partial charge on any atom is 0.322 e. The minimum Gasteiger partial charge on any atom is -0.408 e. The molecule has 20 heavy (non-hydrogen) atoms. The second-order valence-electron chi connectivity index (χ2n) is 5.47. The first-order valence-corrected chi connectivity index (χ1v) is 7.12. The van der Waals surface area contributed by atoms with E-state index in [0.717, 1.165) is 25.9 Å². The molecule has 1 fully saturated rings. The molecular formula is C13H23N5O2. The van der Waals surface area contributed by atoms with Gasteiger partial charge in [-0.15, -0.1) is 5.10 Å². The first kappa shape index (κ1) is 14.9. The van der Waals surface area contributed by atoms with Crippen molar-refractivity contribution in [2.24, 2.45) is 0 Å². The Bertz CT molecular complexity index is 446. The second-order valence-corrected chi connectivity index (χ2v) is 5.47. The number of nitrogens with one attached hydrogen (secondary N) is 2. The van der Waals surface area contributed by atoms with Crippen LogP contribution in [0.1, 0.15) is 38.5 Å². The SMILES string of the molecule is CNCC1CCCN1CC(=O)Nc1nnc(C(C)C)o1. The summed E-state index contributed by atoms with van der Waals surface area (Å²) in [5.74, 6) is 0.591. The molecular weight excluding hydrogens is 258 g/mol. The molecule has 1 unspecified atom stereocenters. The lowest BCUT2D eigenvalue weighted by Gasteiger charge is -2.23. The van der Waals surface area contributed by atoms with Crippen molar-refractivity contribution in [2.75, 3.05) is 32.0 Å². The highest BCUT2D eigenvalue weighted by molar-refractivity contribution is 5.90. The van der Waals surface area contributed by atoms with Crippen molar-refractivity contribution in [3.05, 3.63) is 5.89 Å². The molecule has 0 bridgehead atoms. The van der Waals surface area contributed by atoms with E-state index in [2.05, 4.69) is 25.7 Å². The first-order chi connectivity index (χ1) is 9.60. The van der Waals surface area contributed by atoms with Crippen LogP contribution in [0.4, 0.5) is 6.01 Å². The fourth-order valence-electron chi connectivity index (χ4n) is 2.43. The molecule has 0 spiro atoms. The van der Waals surface area contributed by atoms with Crippen LogP contribution >= 0.6 is 0 Å². The van der Waals surface area contributed by atoms with Crippen molar-refractivity contribution in [3.8, 4) is 0 Å². The van der Waals surface area contributed by atoms with E-state index >= 15 is 0 Å². The van der Waals surface area contributed by atoms with E-state index in [4.69, 9.17) is 4.42 Å². The summed E-state index contributed by atoms with van der Waals surface area (Å²) >= 11 is 0. The van der Waals surface area contributed by atoms with E-state index in [1.54, 1.807) is 0 Å². The molecule has 7 nitrogen and oxygen atoms in total. The van der Waals surface area contributed by atoms with E-state index < -0.39 is 0 Å². The molecule has 1 saturated heterocycles. The van der Waals surface area contributed by atoms with Crippen molar-refractivity contribution in [3.63, 3.8) is 0 Å². The molecule has 2 N–H and O–H groups in total. The topological polar surface area (TPSA) is 83.3 Å². The molecule has 1 amide bonds. The molecule has 2 rings (SSSR count). The normalized spacial score (nSPS) is 19.7. The third-order valence-electron chi connectivity index (χ3n) is 3.47. The van der Waals surface area contributed by atoms with E-state index in [1.165, 1.54) is 0 Å². The summed E-state index contributed by atoms with van der Waals surface area (Å²) in [6, 6.07) is 0.614. The van der Waals surface area contributed by atoms with Crippen molar-refractivity contribution in [1.29, 1.82) is 0 Å². The first-order valence-electron chi connectivity index (χ1n) is 7.12. The van der Waals surface area contributed by atoms with Crippen LogP contribution in [-0.4, -0.2) is 53.7 Å². The van der Waals surface area contributed by atoms with E-state index in [-0.39, 0.29) is 17.8 Å². The number of amides is 1. The van der Waals surface area contributed by atoms with Crippen LogP contribution in [0.3, 0.4) is 0 Å². The molecule has 1 aromatic rings. The minimum absolute atomic E-state index is 0.105. The lowest BCUT2D eigenvalue weighted by Crippen LogP contribution is -2.41. The number of anilines is 1. The number of hydrogen-bond donors (Lipinski definition) is 2. The molecule has 0 aromatic carbocycles. The number of likely N-dealkylation sites (tertiary alicyclic amines) is 1. The number of hydrogen-bond acceptors (Lipinski definition) is 6. The molecule has 1 aliphatic rings. The van der Waals surface area contributed by atoms with Crippen molar-refractivity contribution in [1.82, 2.24) is 20.4 Å². The maximum atomic E-state index is 12.0.